The van der Waals surface area contributed by atoms with E-state index in [1.807, 2.05) is 0 Å². The minimum absolute atomic E-state index is 0.532. The predicted octanol–water partition coefficient (Wildman–Crippen LogP) is 5.04. The Morgan fingerprint density at radius 1 is 1.23 bits per heavy atom. The maximum absolute atomic E-state index is 4.56. The van der Waals surface area contributed by atoms with Crippen LogP contribution in [0.25, 0.3) is 10.2 Å². The number of thiophene rings is 2. The van der Waals surface area contributed by atoms with Gasteiger partial charge in [-0.05, 0) is 55.5 Å². The highest BCUT2D eigenvalue weighted by Crippen LogP contribution is 2.42. The second-order valence-corrected chi connectivity index (χ2v) is 9.69. The molecule has 132 valence electrons. The van der Waals surface area contributed by atoms with Crippen molar-refractivity contribution in [3.63, 3.8) is 0 Å². The molecule has 0 radical (unpaired) electrons. The zero-order valence-corrected chi connectivity index (χ0v) is 16.9. The molecule has 4 heterocycles. The normalized spacial score (nSPS) is 14.4. The molecule has 1 aliphatic carbocycles. The lowest BCUT2D eigenvalue weighted by Crippen LogP contribution is -2.03. The van der Waals surface area contributed by atoms with E-state index in [0.29, 0.717) is 6.04 Å². The summed E-state index contributed by atoms with van der Waals surface area (Å²) in [5.41, 5.74) is 1.27. The van der Waals surface area contributed by atoms with Crippen LogP contribution in [0.15, 0.2) is 34.0 Å². The molecule has 0 unspecified atom stereocenters. The van der Waals surface area contributed by atoms with Crippen LogP contribution in [0, 0.1) is 13.8 Å². The maximum atomic E-state index is 4.56. The standard InChI is InChI=1S/C18H17N5S3/c1-10-11(2)25-16-15(10)17(20-9-19-16)26-18-22-21-14(23(18)12-5-6-12)8-13-4-3-7-24-13/h3-4,7,9,12H,5-6,8H2,1-2H3. The Balaban J connectivity index is 1.54. The zero-order valence-electron chi connectivity index (χ0n) is 14.5. The van der Waals surface area contributed by atoms with Gasteiger partial charge in [0.2, 0.25) is 0 Å². The van der Waals surface area contributed by atoms with Crippen LogP contribution in [0.4, 0.5) is 0 Å². The summed E-state index contributed by atoms with van der Waals surface area (Å²) in [5.74, 6) is 1.06. The van der Waals surface area contributed by atoms with Gasteiger partial charge in [-0.15, -0.1) is 32.9 Å². The van der Waals surface area contributed by atoms with Gasteiger partial charge >= 0.3 is 0 Å². The van der Waals surface area contributed by atoms with E-state index >= 15 is 0 Å². The molecule has 5 rings (SSSR count). The molecule has 26 heavy (non-hydrogen) atoms. The molecule has 4 aromatic rings. The number of nitrogens with zero attached hydrogens (tertiary/aromatic N) is 5. The van der Waals surface area contributed by atoms with Crippen molar-refractivity contribution in [2.24, 2.45) is 0 Å². The summed E-state index contributed by atoms with van der Waals surface area (Å²) in [6, 6.07) is 4.78. The fourth-order valence-corrected chi connectivity index (χ4v) is 5.90. The van der Waals surface area contributed by atoms with Crippen LogP contribution < -0.4 is 0 Å². The van der Waals surface area contributed by atoms with E-state index < -0.39 is 0 Å². The van der Waals surface area contributed by atoms with Gasteiger partial charge in [0, 0.05) is 27.6 Å². The molecule has 0 atom stereocenters. The average molecular weight is 400 g/mol. The fraction of sp³-hybridized carbons (Fsp3) is 0.333. The lowest BCUT2D eigenvalue weighted by Gasteiger charge is -2.08. The number of fused-ring (bicyclic) bond motifs is 1. The van der Waals surface area contributed by atoms with Crippen molar-refractivity contribution in [3.8, 4) is 0 Å². The van der Waals surface area contributed by atoms with Gasteiger partial charge in [-0.1, -0.05) is 6.07 Å². The highest BCUT2D eigenvalue weighted by atomic mass is 32.2. The van der Waals surface area contributed by atoms with Crippen molar-refractivity contribution in [3.05, 3.63) is 45.0 Å². The first-order valence-electron chi connectivity index (χ1n) is 8.55. The number of hydrogen-bond acceptors (Lipinski definition) is 7. The Hall–Kier alpha value is -1.77. The zero-order chi connectivity index (χ0) is 17.7. The molecule has 0 saturated heterocycles. The largest absolute Gasteiger partial charge is 0.302 e. The number of aromatic nitrogens is 5. The summed E-state index contributed by atoms with van der Waals surface area (Å²) in [4.78, 5) is 12.7. The van der Waals surface area contributed by atoms with E-state index in [2.05, 4.69) is 56.1 Å². The molecule has 0 N–H and O–H groups in total. The van der Waals surface area contributed by atoms with Crippen LogP contribution in [-0.4, -0.2) is 24.7 Å². The molecule has 0 spiro atoms. The third kappa shape index (κ3) is 2.86. The van der Waals surface area contributed by atoms with Crippen molar-refractivity contribution in [1.29, 1.82) is 0 Å². The second kappa shape index (κ2) is 6.44. The monoisotopic (exact) mass is 399 g/mol. The molecular weight excluding hydrogens is 382 g/mol. The lowest BCUT2D eigenvalue weighted by molar-refractivity contribution is 0.635. The SMILES string of the molecule is Cc1sc2ncnc(Sc3nnc(Cc4cccs4)n3C3CC3)c2c1C. The lowest BCUT2D eigenvalue weighted by atomic mass is 10.2. The Morgan fingerprint density at radius 2 is 2.12 bits per heavy atom. The molecule has 4 aromatic heterocycles. The fourth-order valence-electron chi connectivity index (χ4n) is 3.08. The summed E-state index contributed by atoms with van der Waals surface area (Å²) >= 11 is 5.12. The third-order valence-electron chi connectivity index (χ3n) is 4.68. The predicted molar refractivity (Wildman–Crippen MR) is 106 cm³/mol. The molecule has 0 bridgehead atoms. The van der Waals surface area contributed by atoms with Crippen LogP contribution in [-0.2, 0) is 6.42 Å². The van der Waals surface area contributed by atoms with Gasteiger partial charge in [0.05, 0.1) is 0 Å². The first kappa shape index (κ1) is 16.4. The van der Waals surface area contributed by atoms with E-state index in [1.165, 1.54) is 28.2 Å². The average Bonchev–Trinajstić information content (AvgIpc) is 3.05. The highest BCUT2D eigenvalue weighted by molar-refractivity contribution is 7.99. The van der Waals surface area contributed by atoms with Crippen LogP contribution in [0.3, 0.4) is 0 Å². The van der Waals surface area contributed by atoms with E-state index in [1.54, 1.807) is 40.8 Å². The Bertz CT molecular complexity index is 1080. The first-order valence-corrected chi connectivity index (χ1v) is 11.1. The Morgan fingerprint density at radius 3 is 2.88 bits per heavy atom. The summed E-state index contributed by atoms with van der Waals surface area (Å²) in [5, 5.41) is 14.2. The summed E-state index contributed by atoms with van der Waals surface area (Å²) in [7, 11) is 0. The van der Waals surface area contributed by atoms with E-state index in [-0.39, 0.29) is 0 Å². The Labute approximate surface area is 163 Å². The van der Waals surface area contributed by atoms with Crippen molar-refractivity contribution in [2.45, 2.75) is 49.3 Å². The van der Waals surface area contributed by atoms with Gasteiger partial charge in [0.1, 0.15) is 22.0 Å². The summed E-state index contributed by atoms with van der Waals surface area (Å²) in [6.45, 7) is 4.29. The second-order valence-electron chi connectivity index (χ2n) is 6.50. The van der Waals surface area contributed by atoms with Gasteiger partial charge in [-0.2, -0.15) is 0 Å². The molecule has 5 nitrogen and oxygen atoms in total. The number of rotatable bonds is 5. The third-order valence-corrected chi connectivity index (χ3v) is 7.63. The Kier molecular flexibility index (Phi) is 4.06. The topological polar surface area (TPSA) is 56.5 Å². The van der Waals surface area contributed by atoms with E-state index in [4.69, 9.17) is 0 Å². The highest BCUT2D eigenvalue weighted by Gasteiger charge is 2.30. The minimum atomic E-state index is 0.532. The number of aryl methyl sites for hydroxylation is 2. The van der Waals surface area contributed by atoms with Crippen LogP contribution in [0.2, 0.25) is 0 Å². The van der Waals surface area contributed by atoms with Gasteiger partial charge < -0.3 is 4.57 Å². The van der Waals surface area contributed by atoms with Gasteiger partial charge in [-0.3, -0.25) is 0 Å². The molecule has 1 saturated carbocycles. The maximum Gasteiger partial charge on any atom is 0.197 e. The molecule has 0 aromatic carbocycles. The minimum Gasteiger partial charge on any atom is -0.302 e. The van der Waals surface area contributed by atoms with Crippen molar-refractivity contribution in [1.82, 2.24) is 24.7 Å². The van der Waals surface area contributed by atoms with Crippen LogP contribution >= 0.6 is 34.4 Å². The van der Waals surface area contributed by atoms with Gasteiger partial charge in [0.25, 0.3) is 0 Å². The first-order chi connectivity index (χ1) is 12.7. The quantitative estimate of drug-likeness (QED) is 0.440. The van der Waals surface area contributed by atoms with Crippen LogP contribution in [0.1, 0.15) is 40.0 Å². The van der Waals surface area contributed by atoms with E-state index in [9.17, 15) is 0 Å². The summed E-state index contributed by atoms with van der Waals surface area (Å²) < 4.78 is 2.33. The smallest absolute Gasteiger partial charge is 0.197 e. The molecule has 0 aliphatic heterocycles. The van der Waals surface area contributed by atoms with Crippen molar-refractivity contribution in [2.75, 3.05) is 0 Å². The molecule has 1 aliphatic rings. The van der Waals surface area contributed by atoms with Crippen LogP contribution in [0.5, 0.6) is 0 Å². The van der Waals surface area contributed by atoms with Crippen molar-refractivity contribution >= 4 is 44.7 Å². The molecule has 0 amide bonds. The molecular formula is C18H17N5S3. The molecule has 8 heteroatoms. The number of hydrogen-bond donors (Lipinski definition) is 0. The van der Waals surface area contributed by atoms with Crippen molar-refractivity contribution < 1.29 is 0 Å². The summed E-state index contributed by atoms with van der Waals surface area (Å²) in [6.07, 6.45) is 4.92. The molecule has 1 fully saturated rings. The van der Waals surface area contributed by atoms with Gasteiger partial charge in [-0.25, -0.2) is 9.97 Å². The van der Waals surface area contributed by atoms with Gasteiger partial charge in [0.15, 0.2) is 5.16 Å². The van der Waals surface area contributed by atoms with E-state index in [0.717, 1.165) is 32.6 Å².